The second kappa shape index (κ2) is 7.07. The molecule has 0 aromatic carbocycles. The van der Waals surface area contributed by atoms with Crippen LogP contribution >= 0.6 is 11.3 Å². The normalized spacial score (nSPS) is 19.6. The summed E-state index contributed by atoms with van der Waals surface area (Å²) < 4.78 is 0. The fraction of sp³-hybridized carbons (Fsp3) is 0.500. The van der Waals surface area contributed by atoms with E-state index in [-0.39, 0.29) is 0 Å². The Morgan fingerprint density at radius 3 is 3.00 bits per heavy atom. The molecule has 9 heteroatoms. The van der Waals surface area contributed by atoms with Crippen LogP contribution in [0.5, 0.6) is 0 Å². The summed E-state index contributed by atoms with van der Waals surface area (Å²) in [5.41, 5.74) is 6.73. The number of nitrogens with zero attached hydrogens (tertiary/aromatic N) is 5. The van der Waals surface area contributed by atoms with Crippen LogP contribution in [0.4, 0.5) is 16.9 Å². The number of nitrogen functional groups attached to an aromatic ring is 1. The first-order valence-corrected chi connectivity index (χ1v) is 8.38. The summed E-state index contributed by atoms with van der Waals surface area (Å²) in [5, 5.41) is 16.3. The van der Waals surface area contributed by atoms with Crippen LogP contribution in [0, 0.1) is 0 Å². The average Bonchev–Trinajstić information content (AvgIpc) is 2.90. The first-order chi connectivity index (χ1) is 11.1. The molecule has 3 rings (SSSR count). The van der Waals surface area contributed by atoms with Gasteiger partial charge in [0, 0.05) is 51.3 Å². The molecule has 124 valence electrons. The lowest BCUT2D eigenvalue weighted by Crippen LogP contribution is -2.34. The first kappa shape index (κ1) is 15.9. The highest BCUT2D eigenvalue weighted by molar-refractivity contribution is 7.13. The van der Waals surface area contributed by atoms with E-state index in [1.54, 1.807) is 23.6 Å². The van der Waals surface area contributed by atoms with Gasteiger partial charge in [0.1, 0.15) is 5.82 Å². The van der Waals surface area contributed by atoms with Crippen molar-refractivity contribution in [3.63, 3.8) is 0 Å². The van der Waals surface area contributed by atoms with Gasteiger partial charge in [0.25, 0.3) is 0 Å². The van der Waals surface area contributed by atoms with Crippen LogP contribution in [-0.4, -0.2) is 64.3 Å². The zero-order valence-electron chi connectivity index (χ0n) is 13.0. The number of nitrogens with one attached hydrogen (secondary N) is 1. The minimum absolute atomic E-state index is 0.438. The lowest BCUT2D eigenvalue weighted by atomic mass is 10.3. The summed E-state index contributed by atoms with van der Waals surface area (Å²) in [6, 6.07) is 1.66. The van der Waals surface area contributed by atoms with Gasteiger partial charge in [-0.25, -0.2) is 9.97 Å². The van der Waals surface area contributed by atoms with E-state index in [9.17, 15) is 5.11 Å². The third-order valence-electron chi connectivity index (χ3n) is 3.68. The predicted octanol–water partition coefficient (Wildman–Crippen LogP) is 0.240. The Morgan fingerprint density at radius 2 is 2.26 bits per heavy atom. The molecule has 0 aliphatic carbocycles. The number of aromatic nitrogens is 3. The molecule has 1 fully saturated rings. The summed E-state index contributed by atoms with van der Waals surface area (Å²) >= 11 is 1.59. The van der Waals surface area contributed by atoms with Crippen LogP contribution in [-0.2, 0) is 6.54 Å². The summed E-state index contributed by atoms with van der Waals surface area (Å²) in [6.07, 6.45) is 1.17. The zero-order valence-corrected chi connectivity index (χ0v) is 13.8. The molecule has 1 atom stereocenters. The molecule has 8 nitrogen and oxygen atoms in total. The van der Waals surface area contributed by atoms with E-state index in [1.807, 2.05) is 17.3 Å². The fourth-order valence-electron chi connectivity index (χ4n) is 2.62. The SMILES string of the molecule is CNc1nc(CN2CCN(c3nccc(N)n3)C[C@H](O)C2)cs1. The third-order valence-corrected chi connectivity index (χ3v) is 4.59. The summed E-state index contributed by atoms with van der Waals surface area (Å²) in [4.78, 5) is 17.2. The lowest BCUT2D eigenvalue weighted by molar-refractivity contribution is 0.128. The van der Waals surface area contributed by atoms with Crippen molar-refractivity contribution in [2.24, 2.45) is 0 Å². The molecule has 0 spiro atoms. The summed E-state index contributed by atoms with van der Waals surface area (Å²) in [6.45, 7) is 3.37. The minimum Gasteiger partial charge on any atom is -0.390 e. The maximum absolute atomic E-state index is 10.3. The van der Waals surface area contributed by atoms with Gasteiger partial charge in [-0.05, 0) is 6.07 Å². The monoisotopic (exact) mass is 335 g/mol. The number of hydrogen-bond donors (Lipinski definition) is 3. The number of hydrogen-bond acceptors (Lipinski definition) is 9. The number of anilines is 3. The number of thiazole rings is 1. The highest BCUT2D eigenvalue weighted by Crippen LogP contribution is 2.18. The molecule has 0 bridgehead atoms. The quantitative estimate of drug-likeness (QED) is 0.730. The van der Waals surface area contributed by atoms with Crippen LogP contribution in [0.1, 0.15) is 5.69 Å². The van der Waals surface area contributed by atoms with E-state index < -0.39 is 6.10 Å². The van der Waals surface area contributed by atoms with Gasteiger partial charge in [0.15, 0.2) is 5.13 Å². The number of rotatable bonds is 4. The highest BCUT2D eigenvalue weighted by Gasteiger charge is 2.23. The molecule has 0 saturated carbocycles. The van der Waals surface area contributed by atoms with Crippen LogP contribution in [0.25, 0.3) is 0 Å². The Hall–Kier alpha value is -1.97. The largest absolute Gasteiger partial charge is 0.390 e. The summed E-state index contributed by atoms with van der Waals surface area (Å²) in [5.74, 6) is 1.00. The van der Waals surface area contributed by atoms with Crippen molar-refractivity contribution in [2.45, 2.75) is 12.6 Å². The topological polar surface area (TPSA) is 103 Å². The number of β-amino-alcohol motifs (C(OH)–C–C–N with tert-alkyl or cyclic N) is 1. The minimum atomic E-state index is -0.468. The van der Waals surface area contributed by atoms with Crippen LogP contribution in [0.2, 0.25) is 0 Å². The first-order valence-electron chi connectivity index (χ1n) is 7.50. The van der Waals surface area contributed by atoms with E-state index in [0.717, 1.165) is 30.5 Å². The molecule has 3 heterocycles. The van der Waals surface area contributed by atoms with Crippen molar-refractivity contribution in [1.82, 2.24) is 19.9 Å². The average molecular weight is 335 g/mol. The van der Waals surface area contributed by atoms with Crippen molar-refractivity contribution in [2.75, 3.05) is 49.2 Å². The van der Waals surface area contributed by atoms with Crippen LogP contribution in [0.3, 0.4) is 0 Å². The summed E-state index contributed by atoms with van der Waals surface area (Å²) in [7, 11) is 1.86. The second-order valence-electron chi connectivity index (χ2n) is 5.51. The maximum Gasteiger partial charge on any atom is 0.227 e. The molecule has 1 aliphatic rings. The van der Waals surface area contributed by atoms with Gasteiger partial charge >= 0.3 is 0 Å². The van der Waals surface area contributed by atoms with E-state index in [0.29, 0.717) is 24.9 Å². The molecule has 1 saturated heterocycles. The molecule has 1 aliphatic heterocycles. The Balaban J connectivity index is 1.65. The van der Waals surface area contributed by atoms with E-state index >= 15 is 0 Å². The molecule has 0 unspecified atom stereocenters. The molecular weight excluding hydrogens is 314 g/mol. The van der Waals surface area contributed by atoms with Gasteiger partial charge in [-0.15, -0.1) is 11.3 Å². The standard InChI is InChI=1S/C14H21N7OS/c1-16-14-18-10(9-23-14)6-20-4-5-21(8-11(22)7-20)13-17-3-2-12(15)19-13/h2-3,9,11,22H,4-8H2,1H3,(H,16,18)(H2,15,17,19)/t11-/m1/s1. The molecule has 0 radical (unpaired) electrons. The molecule has 2 aromatic rings. The van der Waals surface area contributed by atoms with E-state index in [4.69, 9.17) is 5.73 Å². The van der Waals surface area contributed by atoms with Gasteiger partial charge in [0.2, 0.25) is 5.95 Å². The Bertz CT molecular complexity index is 650. The fourth-order valence-corrected chi connectivity index (χ4v) is 3.28. The van der Waals surface area contributed by atoms with Crippen molar-refractivity contribution in [3.05, 3.63) is 23.3 Å². The van der Waals surface area contributed by atoms with Crippen LogP contribution in [0.15, 0.2) is 17.6 Å². The molecule has 23 heavy (non-hydrogen) atoms. The molecular formula is C14H21N7OS. The Kier molecular flexibility index (Phi) is 4.89. The second-order valence-corrected chi connectivity index (χ2v) is 6.37. The number of nitrogens with two attached hydrogens (primary N) is 1. The van der Waals surface area contributed by atoms with Crippen molar-refractivity contribution in [3.8, 4) is 0 Å². The number of aliphatic hydroxyl groups excluding tert-OH is 1. The van der Waals surface area contributed by atoms with Crippen LogP contribution < -0.4 is 16.0 Å². The molecule has 4 N–H and O–H groups in total. The zero-order chi connectivity index (χ0) is 16.2. The van der Waals surface area contributed by atoms with Gasteiger partial charge in [-0.3, -0.25) is 4.90 Å². The maximum atomic E-state index is 10.3. The Morgan fingerprint density at radius 1 is 1.39 bits per heavy atom. The molecule has 2 aromatic heterocycles. The predicted molar refractivity (Wildman–Crippen MR) is 91.6 cm³/mol. The third kappa shape index (κ3) is 4.06. The van der Waals surface area contributed by atoms with E-state index in [1.165, 1.54) is 0 Å². The van der Waals surface area contributed by atoms with Crippen molar-refractivity contribution < 1.29 is 5.11 Å². The highest BCUT2D eigenvalue weighted by atomic mass is 32.1. The van der Waals surface area contributed by atoms with Crippen molar-refractivity contribution >= 4 is 28.2 Å². The van der Waals surface area contributed by atoms with Gasteiger partial charge in [-0.2, -0.15) is 4.98 Å². The van der Waals surface area contributed by atoms with Gasteiger partial charge in [0.05, 0.1) is 11.8 Å². The molecule has 0 amide bonds. The number of aliphatic hydroxyl groups is 1. The van der Waals surface area contributed by atoms with Crippen molar-refractivity contribution in [1.29, 1.82) is 0 Å². The van der Waals surface area contributed by atoms with E-state index in [2.05, 4.69) is 25.2 Å². The van der Waals surface area contributed by atoms with Gasteiger partial charge in [-0.1, -0.05) is 0 Å². The smallest absolute Gasteiger partial charge is 0.227 e. The lowest BCUT2D eigenvalue weighted by Gasteiger charge is -2.21. The Labute approximate surface area is 139 Å². The van der Waals surface area contributed by atoms with Gasteiger partial charge < -0.3 is 21.1 Å².